The summed E-state index contributed by atoms with van der Waals surface area (Å²) in [4.78, 5) is 0. The van der Waals surface area contributed by atoms with Crippen molar-refractivity contribution in [2.45, 2.75) is 31.8 Å². The maximum atomic E-state index is 10.0. The molecule has 0 saturated heterocycles. The molecule has 86 valence electrons. The van der Waals surface area contributed by atoms with Crippen molar-refractivity contribution >= 4 is 23.2 Å². The Morgan fingerprint density at radius 3 is 2.69 bits per heavy atom. The summed E-state index contributed by atoms with van der Waals surface area (Å²) in [6.45, 7) is 0. The normalized spacial score (nSPS) is 17.3. The number of hydrogen-bond donors (Lipinski definition) is 1. The van der Waals surface area contributed by atoms with Crippen LogP contribution in [0.15, 0.2) is 29.8 Å². The van der Waals surface area contributed by atoms with Gasteiger partial charge in [-0.25, -0.2) is 0 Å². The summed E-state index contributed by atoms with van der Waals surface area (Å²) in [5.74, 6) is 0. The highest BCUT2D eigenvalue weighted by Gasteiger charge is 2.15. The maximum absolute atomic E-state index is 10.0. The Morgan fingerprint density at radius 1 is 1.25 bits per heavy atom. The van der Waals surface area contributed by atoms with Crippen molar-refractivity contribution in [2.24, 2.45) is 0 Å². The van der Waals surface area contributed by atoms with Gasteiger partial charge in [-0.1, -0.05) is 35.3 Å². The lowest BCUT2D eigenvalue weighted by Gasteiger charge is -2.12. The van der Waals surface area contributed by atoms with Crippen molar-refractivity contribution in [3.8, 4) is 0 Å². The molecule has 2 rings (SSSR count). The van der Waals surface area contributed by atoms with E-state index in [0.29, 0.717) is 16.5 Å². The summed E-state index contributed by atoms with van der Waals surface area (Å²) in [6, 6.07) is 5.50. The molecule has 0 heterocycles. The Morgan fingerprint density at radius 2 is 2.06 bits per heavy atom. The maximum Gasteiger partial charge on any atom is 0.0790 e. The van der Waals surface area contributed by atoms with Gasteiger partial charge in [-0.05, 0) is 42.5 Å². The van der Waals surface area contributed by atoms with Gasteiger partial charge in [0.2, 0.25) is 0 Å². The van der Waals surface area contributed by atoms with Gasteiger partial charge in [-0.2, -0.15) is 0 Å². The number of rotatable bonds is 3. The van der Waals surface area contributed by atoms with Crippen molar-refractivity contribution < 1.29 is 5.11 Å². The van der Waals surface area contributed by atoms with Gasteiger partial charge in [-0.3, -0.25) is 0 Å². The zero-order valence-electron chi connectivity index (χ0n) is 8.92. The number of allylic oxidation sites excluding steroid dienone is 1. The molecule has 1 N–H and O–H groups in total. The predicted octanol–water partition coefficient (Wildman–Crippen LogP) is 4.01. The van der Waals surface area contributed by atoms with Crippen LogP contribution in [-0.4, -0.2) is 11.2 Å². The van der Waals surface area contributed by atoms with E-state index in [0.717, 1.165) is 30.4 Å². The Labute approximate surface area is 106 Å². The molecule has 0 fully saturated rings. The van der Waals surface area contributed by atoms with Gasteiger partial charge in [0, 0.05) is 6.42 Å². The first kappa shape index (κ1) is 12.0. The number of aliphatic hydroxyl groups excluding tert-OH is 1. The smallest absolute Gasteiger partial charge is 0.0790 e. The zero-order chi connectivity index (χ0) is 11.5. The van der Waals surface area contributed by atoms with Gasteiger partial charge >= 0.3 is 0 Å². The fraction of sp³-hybridized carbons (Fsp3) is 0.385. The second kappa shape index (κ2) is 5.22. The van der Waals surface area contributed by atoms with Crippen LogP contribution in [-0.2, 0) is 6.42 Å². The highest BCUT2D eigenvalue weighted by Crippen LogP contribution is 2.26. The Bertz CT molecular complexity index is 412. The molecule has 1 aromatic carbocycles. The standard InChI is InChI=1S/C13H14Cl2O/c14-11-6-5-9(7-12(11)15)8-13(16)10-3-1-2-4-10/h3,5-7,13,16H,1-2,4,8H2. The Hall–Kier alpha value is -0.500. The highest BCUT2D eigenvalue weighted by atomic mass is 35.5. The lowest BCUT2D eigenvalue weighted by Crippen LogP contribution is -2.12. The van der Waals surface area contributed by atoms with Gasteiger partial charge in [0.1, 0.15) is 0 Å². The van der Waals surface area contributed by atoms with Crippen LogP contribution in [0.3, 0.4) is 0 Å². The molecule has 0 aliphatic heterocycles. The van der Waals surface area contributed by atoms with E-state index in [1.54, 1.807) is 6.07 Å². The van der Waals surface area contributed by atoms with E-state index in [9.17, 15) is 5.11 Å². The summed E-state index contributed by atoms with van der Waals surface area (Å²) in [7, 11) is 0. The van der Waals surface area contributed by atoms with E-state index in [4.69, 9.17) is 23.2 Å². The number of halogens is 2. The summed E-state index contributed by atoms with van der Waals surface area (Å²) in [5.41, 5.74) is 2.18. The Kier molecular flexibility index (Phi) is 3.91. The van der Waals surface area contributed by atoms with Crippen LogP contribution < -0.4 is 0 Å². The largest absolute Gasteiger partial charge is 0.388 e. The topological polar surface area (TPSA) is 20.2 Å². The van der Waals surface area contributed by atoms with Gasteiger partial charge in [0.25, 0.3) is 0 Å². The van der Waals surface area contributed by atoms with Crippen LogP contribution in [0.5, 0.6) is 0 Å². The molecule has 0 aromatic heterocycles. The Balaban J connectivity index is 2.05. The number of hydrogen-bond acceptors (Lipinski definition) is 1. The second-order valence-electron chi connectivity index (χ2n) is 4.14. The quantitative estimate of drug-likeness (QED) is 0.811. The fourth-order valence-electron chi connectivity index (χ4n) is 2.02. The minimum atomic E-state index is -0.375. The first-order chi connectivity index (χ1) is 7.66. The fourth-order valence-corrected chi connectivity index (χ4v) is 2.34. The van der Waals surface area contributed by atoms with Crippen molar-refractivity contribution in [3.05, 3.63) is 45.5 Å². The molecule has 1 atom stereocenters. The molecule has 1 aliphatic carbocycles. The molecule has 0 amide bonds. The lowest BCUT2D eigenvalue weighted by molar-refractivity contribution is 0.208. The molecular formula is C13H14Cl2O. The summed E-state index contributed by atoms with van der Waals surface area (Å²) in [6.07, 6.45) is 5.65. The van der Waals surface area contributed by atoms with Crippen LogP contribution in [0.2, 0.25) is 10.0 Å². The number of benzene rings is 1. The van der Waals surface area contributed by atoms with Crippen LogP contribution in [0.25, 0.3) is 0 Å². The first-order valence-corrected chi connectivity index (χ1v) is 6.23. The molecule has 1 unspecified atom stereocenters. The molecule has 1 nitrogen and oxygen atoms in total. The van der Waals surface area contributed by atoms with E-state index in [2.05, 4.69) is 6.08 Å². The minimum absolute atomic E-state index is 0.375. The van der Waals surface area contributed by atoms with Crippen LogP contribution in [0, 0.1) is 0 Å². The third kappa shape index (κ3) is 2.79. The van der Waals surface area contributed by atoms with Gasteiger partial charge in [0.15, 0.2) is 0 Å². The van der Waals surface area contributed by atoms with E-state index in [1.807, 2.05) is 12.1 Å². The third-order valence-electron chi connectivity index (χ3n) is 2.92. The van der Waals surface area contributed by atoms with E-state index >= 15 is 0 Å². The lowest BCUT2D eigenvalue weighted by atomic mass is 10.0. The van der Waals surface area contributed by atoms with Gasteiger partial charge in [-0.15, -0.1) is 0 Å². The van der Waals surface area contributed by atoms with E-state index < -0.39 is 0 Å². The number of aliphatic hydroxyl groups is 1. The first-order valence-electron chi connectivity index (χ1n) is 5.48. The average Bonchev–Trinajstić information content (AvgIpc) is 2.77. The van der Waals surface area contributed by atoms with Crippen molar-refractivity contribution in [1.82, 2.24) is 0 Å². The van der Waals surface area contributed by atoms with Crippen molar-refractivity contribution in [1.29, 1.82) is 0 Å². The van der Waals surface area contributed by atoms with Gasteiger partial charge in [0.05, 0.1) is 16.1 Å². The molecule has 0 spiro atoms. The minimum Gasteiger partial charge on any atom is -0.388 e. The van der Waals surface area contributed by atoms with Crippen molar-refractivity contribution in [2.75, 3.05) is 0 Å². The van der Waals surface area contributed by atoms with Crippen molar-refractivity contribution in [3.63, 3.8) is 0 Å². The molecular weight excluding hydrogens is 243 g/mol. The highest BCUT2D eigenvalue weighted by molar-refractivity contribution is 6.42. The SMILES string of the molecule is OC(Cc1ccc(Cl)c(Cl)c1)C1=CCCC1. The monoisotopic (exact) mass is 256 g/mol. The molecule has 1 aromatic rings. The predicted molar refractivity (Wildman–Crippen MR) is 68.1 cm³/mol. The molecule has 0 saturated carbocycles. The molecule has 1 aliphatic rings. The van der Waals surface area contributed by atoms with Crippen LogP contribution >= 0.6 is 23.2 Å². The summed E-state index contributed by atoms with van der Waals surface area (Å²) >= 11 is 11.8. The van der Waals surface area contributed by atoms with E-state index in [-0.39, 0.29) is 6.10 Å². The summed E-state index contributed by atoms with van der Waals surface area (Å²) < 4.78 is 0. The van der Waals surface area contributed by atoms with Crippen LogP contribution in [0.1, 0.15) is 24.8 Å². The zero-order valence-corrected chi connectivity index (χ0v) is 10.4. The molecule has 16 heavy (non-hydrogen) atoms. The third-order valence-corrected chi connectivity index (χ3v) is 3.66. The van der Waals surface area contributed by atoms with Gasteiger partial charge < -0.3 is 5.11 Å². The molecule has 0 bridgehead atoms. The van der Waals surface area contributed by atoms with E-state index in [1.165, 1.54) is 0 Å². The average molecular weight is 257 g/mol. The summed E-state index contributed by atoms with van der Waals surface area (Å²) in [5, 5.41) is 11.1. The second-order valence-corrected chi connectivity index (χ2v) is 4.95. The molecule has 0 radical (unpaired) electrons. The molecule has 3 heteroatoms. The van der Waals surface area contributed by atoms with Crippen LogP contribution in [0.4, 0.5) is 0 Å².